The van der Waals surface area contributed by atoms with Crippen LogP contribution in [-0.2, 0) is 16.0 Å². The predicted molar refractivity (Wildman–Crippen MR) is 106 cm³/mol. The third-order valence-corrected chi connectivity index (χ3v) is 5.20. The first-order valence-electron chi connectivity index (χ1n) is 9.39. The van der Waals surface area contributed by atoms with Gasteiger partial charge in [-0.1, -0.05) is 42.5 Å². The van der Waals surface area contributed by atoms with Gasteiger partial charge < -0.3 is 20.3 Å². The molecule has 0 fully saturated rings. The third kappa shape index (κ3) is 3.71. The Morgan fingerprint density at radius 3 is 2.52 bits per heavy atom. The van der Waals surface area contributed by atoms with Gasteiger partial charge in [-0.15, -0.1) is 0 Å². The van der Waals surface area contributed by atoms with Crippen LogP contribution in [-0.4, -0.2) is 43.0 Å². The molecule has 0 bridgehead atoms. The number of urea groups is 1. The third-order valence-electron chi connectivity index (χ3n) is 5.20. The van der Waals surface area contributed by atoms with Crippen LogP contribution in [0.3, 0.4) is 0 Å². The molecule has 2 N–H and O–H groups in total. The van der Waals surface area contributed by atoms with E-state index in [1.54, 1.807) is 29.2 Å². The number of carbonyl (C=O) groups is 3. The zero-order chi connectivity index (χ0) is 20.4. The normalized spacial score (nSPS) is 18.2. The van der Waals surface area contributed by atoms with Crippen LogP contribution in [0.25, 0.3) is 0 Å². The maximum absolute atomic E-state index is 13.1. The van der Waals surface area contributed by atoms with Crippen molar-refractivity contribution >= 4 is 17.9 Å². The molecular formula is C22H21N3O4. The summed E-state index contributed by atoms with van der Waals surface area (Å²) in [5.41, 5.74) is 3.48. The summed E-state index contributed by atoms with van der Waals surface area (Å²) in [5.74, 6) is -0.527. The van der Waals surface area contributed by atoms with E-state index < -0.39 is 12.0 Å². The fourth-order valence-corrected chi connectivity index (χ4v) is 3.70. The molecule has 4 rings (SSSR count). The highest BCUT2D eigenvalue weighted by atomic mass is 16.5. The van der Waals surface area contributed by atoms with Crippen molar-refractivity contribution < 1.29 is 19.1 Å². The number of hydrogen-bond donors (Lipinski definition) is 2. The lowest BCUT2D eigenvalue weighted by molar-refractivity contribution is -0.125. The molecular weight excluding hydrogens is 370 g/mol. The van der Waals surface area contributed by atoms with Crippen LogP contribution in [0.4, 0.5) is 4.79 Å². The highest BCUT2D eigenvalue weighted by Crippen LogP contribution is 2.32. The summed E-state index contributed by atoms with van der Waals surface area (Å²) in [6, 6.07) is 15.8. The van der Waals surface area contributed by atoms with Crippen LogP contribution in [0, 0.1) is 0 Å². The summed E-state index contributed by atoms with van der Waals surface area (Å²) in [4.78, 5) is 38.6. The number of rotatable bonds is 5. The molecule has 29 heavy (non-hydrogen) atoms. The van der Waals surface area contributed by atoms with Crippen LogP contribution >= 0.6 is 0 Å². The summed E-state index contributed by atoms with van der Waals surface area (Å²) >= 11 is 0. The van der Waals surface area contributed by atoms with Crippen molar-refractivity contribution in [2.45, 2.75) is 12.5 Å². The van der Waals surface area contributed by atoms with Crippen molar-refractivity contribution in [3.8, 4) is 0 Å². The van der Waals surface area contributed by atoms with Crippen molar-refractivity contribution in [1.82, 2.24) is 15.5 Å². The summed E-state index contributed by atoms with van der Waals surface area (Å²) in [5, 5.41) is 5.59. The molecule has 7 nitrogen and oxygen atoms in total. The van der Waals surface area contributed by atoms with Crippen LogP contribution in [0.1, 0.15) is 27.5 Å². The Bertz CT molecular complexity index is 983. The molecule has 7 heteroatoms. The maximum Gasteiger partial charge on any atom is 0.337 e. The van der Waals surface area contributed by atoms with Crippen molar-refractivity contribution in [3.63, 3.8) is 0 Å². The Hall–Kier alpha value is -3.61. The molecule has 2 aliphatic rings. The Morgan fingerprint density at radius 1 is 1.10 bits per heavy atom. The number of methoxy groups -OCH3 is 1. The van der Waals surface area contributed by atoms with E-state index in [0.717, 1.165) is 17.5 Å². The molecule has 2 aliphatic heterocycles. The molecule has 2 aromatic rings. The van der Waals surface area contributed by atoms with Gasteiger partial charge in [-0.2, -0.15) is 0 Å². The molecule has 3 amide bonds. The molecule has 0 spiro atoms. The molecule has 0 unspecified atom stereocenters. The SMILES string of the molecule is COC(=O)c1ccc([C@H]2NC(=O)NC3=C2C(=O)N(CCc2ccccc2)C3)cc1. The quantitative estimate of drug-likeness (QED) is 0.765. The minimum absolute atomic E-state index is 0.0922. The number of esters is 1. The maximum atomic E-state index is 13.1. The average molecular weight is 391 g/mol. The average Bonchev–Trinajstić information content (AvgIpc) is 3.07. The van der Waals surface area contributed by atoms with Crippen molar-refractivity contribution in [1.29, 1.82) is 0 Å². The molecule has 0 aromatic heterocycles. The molecule has 0 saturated heterocycles. The first kappa shape index (κ1) is 18.7. The summed E-state index contributed by atoms with van der Waals surface area (Å²) in [7, 11) is 1.32. The fraction of sp³-hybridized carbons (Fsp3) is 0.227. The van der Waals surface area contributed by atoms with E-state index in [-0.39, 0.29) is 11.9 Å². The van der Waals surface area contributed by atoms with Gasteiger partial charge in [0, 0.05) is 6.54 Å². The van der Waals surface area contributed by atoms with Gasteiger partial charge in [0.25, 0.3) is 5.91 Å². The van der Waals surface area contributed by atoms with E-state index in [1.165, 1.54) is 7.11 Å². The number of carbonyl (C=O) groups excluding carboxylic acids is 3. The Labute approximate surface area is 168 Å². The number of amides is 3. The molecule has 0 aliphatic carbocycles. The van der Waals surface area contributed by atoms with E-state index in [2.05, 4.69) is 10.6 Å². The lowest BCUT2D eigenvalue weighted by Crippen LogP contribution is -2.44. The van der Waals surface area contributed by atoms with Gasteiger partial charge in [-0.3, -0.25) is 4.79 Å². The molecule has 2 heterocycles. The fourth-order valence-electron chi connectivity index (χ4n) is 3.70. The highest BCUT2D eigenvalue weighted by Gasteiger charge is 2.40. The Balaban J connectivity index is 1.54. The zero-order valence-corrected chi connectivity index (χ0v) is 16.0. The topological polar surface area (TPSA) is 87.7 Å². The molecule has 148 valence electrons. The van der Waals surface area contributed by atoms with Crippen LogP contribution in [0.15, 0.2) is 65.9 Å². The van der Waals surface area contributed by atoms with Gasteiger partial charge in [-0.25, -0.2) is 9.59 Å². The Morgan fingerprint density at radius 2 is 1.83 bits per heavy atom. The van der Waals surface area contributed by atoms with Gasteiger partial charge >= 0.3 is 12.0 Å². The van der Waals surface area contributed by atoms with Crippen molar-refractivity contribution in [2.75, 3.05) is 20.2 Å². The summed E-state index contributed by atoms with van der Waals surface area (Å²) in [6.07, 6.45) is 0.743. The first-order chi connectivity index (χ1) is 14.1. The molecule has 1 atom stereocenters. The van der Waals surface area contributed by atoms with E-state index in [1.807, 2.05) is 30.3 Å². The minimum Gasteiger partial charge on any atom is -0.465 e. The van der Waals surface area contributed by atoms with Crippen molar-refractivity contribution in [3.05, 3.63) is 82.6 Å². The number of ether oxygens (including phenoxy) is 1. The van der Waals surface area contributed by atoms with E-state index in [4.69, 9.17) is 4.74 Å². The largest absolute Gasteiger partial charge is 0.465 e. The second-order valence-corrected chi connectivity index (χ2v) is 7.00. The molecule has 0 radical (unpaired) electrons. The second kappa shape index (κ2) is 7.79. The number of nitrogens with one attached hydrogen (secondary N) is 2. The molecule has 2 aromatic carbocycles. The van der Waals surface area contributed by atoms with Gasteiger partial charge in [0.2, 0.25) is 0 Å². The second-order valence-electron chi connectivity index (χ2n) is 7.00. The predicted octanol–water partition coefficient (Wildman–Crippen LogP) is 2.17. The van der Waals surface area contributed by atoms with Gasteiger partial charge in [0.15, 0.2) is 0 Å². The van der Waals surface area contributed by atoms with E-state index in [0.29, 0.717) is 29.9 Å². The van der Waals surface area contributed by atoms with E-state index >= 15 is 0 Å². The van der Waals surface area contributed by atoms with Gasteiger partial charge in [-0.05, 0) is 29.7 Å². The monoisotopic (exact) mass is 391 g/mol. The first-order valence-corrected chi connectivity index (χ1v) is 9.39. The highest BCUT2D eigenvalue weighted by molar-refractivity contribution is 6.01. The summed E-state index contributed by atoms with van der Waals surface area (Å²) < 4.78 is 4.71. The smallest absolute Gasteiger partial charge is 0.337 e. The van der Waals surface area contributed by atoms with Crippen LogP contribution < -0.4 is 10.6 Å². The molecule has 0 saturated carbocycles. The number of hydrogen-bond acceptors (Lipinski definition) is 4. The van der Waals surface area contributed by atoms with Crippen molar-refractivity contribution in [2.24, 2.45) is 0 Å². The Kier molecular flexibility index (Phi) is 5.03. The van der Waals surface area contributed by atoms with Gasteiger partial charge in [0.05, 0.1) is 36.5 Å². The van der Waals surface area contributed by atoms with Crippen LogP contribution in [0.5, 0.6) is 0 Å². The van der Waals surface area contributed by atoms with Gasteiger partial charge in [0.1, 0.15) is 0 Å². The lowest BCUT2D eigenvalue weighted by Gasteiger charge is -2.25. The number of nitrogens with zero attached hydrogens (tertiary/aromatic N) is 1. The summed E-state index contributed by atoms with van der Waals surface area (Å²) in [6.45, 7) is 0.949. The minimum atomic E-state index is -0.556. The zero-order valence-electron chi connectivity index (χ0n) is 16.0. The standard InChI is InChI=1S/C22H21N3O4/c1-29-21(27)16-9-7-15(8-10-16)19-18-17(23-22(28)24-19)13-25(20(18)26)12-11-14-5-3-2-4-6-14/h2-10,19H,11-13H2,1H3,(H2,23,24,28)/t19-/m1/s1. The van der Waals surface area contributed by atoms with E-state index in [9.17, 15) is 14.4 Å². The lowest BCUT2D eigenvalue weighted by atomic mass is 9.95. The van der Waals surface area contributed by atoms with Crippen LogP contribution in [0.2, 0.25) is 0 Å². The number of benzene rings is 2.